The van der Waals surface area contributed by atoms with Crippen molar-refractivity contribution in [3.8, 4) is 0 Å². The zero-order valence-corrected chi connectivity index (χ0v) is 30.4. The molecule has 230 valence electrons. The first-order valence-corrected chi connectivity index (χ1v) is 15.0. The summed E-state index contributed by atoms with van der Waals surface area (Å²) < 4.78 is 66.2. The Morgan fingerprint density at radius 2 is 0.848 bits per heavy atom. The van der Waals surface area contributed by atoms with Gasteiger partial charge >= 0.3 is 59.1 Å². The average molecular weight is 689 g/mol. The van der Waals surface area contributed by atoms with Crippen LogP contribution in [0.4, 0.5) is 22.7 Å². The van der Waals surface area contributed by atoms with E-state index in [0.29, 0.717) is 0 Å². The second-order valence-corrected chi connectivity index (χ2v) is 11.7. The molecule has 3 aromatic rings. The molecule has 0 aliphatic carbocycles. The van der Waals surface area contributed by atoms with Crippen molar-refractivity contribution in [2.45, 2.75) is 35.7 Å². The van der Waals surface area contributed by atoms with Gasteiger partial charge in [0.1, 0.15) is 20.2 Å². The van der Waals surface area contributed by atoms with Crippen molar-refractivity contribution in [1.29, 1.82) is 0 Å². The van der Waals surface area contributed by atoms with Gasteiger partial charge in [-0.2, -0.15) is 20.5 Å². The van der Waals surface area contributed by atoms with Crippen LogP contribution in [-0.2, 0) is 39.4 Å². The van der Waals surface area contributed by atoms with Gasteiger partial charge in [0.05, 0.1) is 21.2 Å². The zero-order chi connectivity index (χ0) is 32.7. The molecule has 2 amide bonds. The molecule has 16 nitrogen and oxygen atoms in total. The number of benzene rings is 3. The van der Waals surface area contributed by atoms with Crippen LogP contribution in [0.15, 0.2) is 103 Å². The molecule has 0 aliphatic heterocycles. The molecule has 0 saturated heterocycles. The fourth-order valence-electron chi connectivity index (χ4n) is 3.30. The van der Waals surface area contributed by atoms with Gasteiger partial charge in [-0.05, 0) is 86.6 Å². The summed E-state index contributed by atoms with van der Waals surface area (Å²) in [6.45, 7) is 2.23. The number of rotatable bonds is 12. The maximum absolute atomic E-state index is 12.7. The first-order chi connectivity index (χ1) is 20.5. The number of nitrogens with one attached hydrogen (secondary N) is 2. The predicted octanol–water partition coefficient (Wildman–Crippen LogP) is -3.14. The largest absolute Gasteiger partial charge is 1.00 e. The number of Topliss-reactive ketones (excluding diaryl/α,β-unsaturated/α-hetero) is 2. The minimum absolute atomic E-state index is 0. The minimum Gasteiger partial charge on any atom is -0.744 e. The van der Waals surface area contributed by atoms with E-state index in [1.165, 1.54) is 48.5 Å². The number of azo groups is 2. The zero-order valence-electron chi connectivity index (χ0n) is 24.8. The van der Waals surface area contributed by atoms with E-state index in [1.54, 1.807) is 0 Å². The molecule has 2 atom stereocenters. The first-order valence-electron chi connectivity index (χ1n) is 12.2. The van der Waals surface area contributed by atoms with Crippen LogP contribution in [0.25, 0.3) is 0 Å². The summed E-state index contributed by atoms with van der Waals surface area (Å²) in [6.07, 6.45) is 0. The molecule has 20 heteroatoms. The molecule has 0 spiro atoms. The summed E-state index contributed by atoms with van der Waals surface area (Å²) in [5.41, 5.74) is 0.608. The molecule has 3 aromatic carbocycles. The van der Waals surface area contributed by atoms with Gasteiger partial charge in [0.2, 0.25) is 12.1 Å². The van der Waals surface area contributed by atoms with E-state index in [0.717, 1.165) is 38.1 Å². The third-order valence-electron chi connectivity index (χ3n) is 5.51. The summed E-state index contributed by atoms with van der Waals surface area (Å²) in [4.78, 5) is 48.4. The second-order valence-electron chi connectivity index (χ2n) is 8.91. The third-order valence-corrected chi connectivity index (χ3v) is 7.21. The van der Waals surface area contributed by atoms with Gasteiger partial charge in [-0.1, -0.05) is 0 Å². The standard InChI is InChI=1S/C26H24N6O10S2.2Na/c1-15(33)23(31-29-19-7-11-21(12-8-19)43(37,38)39)25(35)27-17-3-5-18(6-4-17)28-26(36)24(16(2)34)32-30-20-9-13-22(14-10-20)44(40,41)42;;/h3-14,23-24H,1-2H3,(H,27,35)(H,28,36)(H,37,38,39)(H,40,41,42);;/q;2*+1/p-2. The van der Waals surface area contributed by atoms with Crippen LogP contribution in [0, 0.1) is 0 Å². The van der Waals surface area contributed by atoms with Crippen LogP contribution >= 0.6 is 0 Å². The minimum atomic E-state index is -4.66. The van der Waals surface area contributed by atoms with Gasteiger partial charge in [-0.3, -0.25) is 19.2 Å². The van der Waals surface area contributed by atoms with Gasteiger partial charge in [-0.15, -0.1) is 0 Å². The number of ketones is 2. The summed E-state index contributed by atoms with van der Waals surface area (Å²) in [5.74, 6) is -2.97. The number of amides is 2. The molecule has 0 aromatic heterocycles. The van der Waals surface area contributed by atoms with Gasteiger partial charge in [0, 0.05) is 11.4 Å². The van der Waals surface area contributed by atoms with Gasteiger partial charge in [0.25, 0.3) is 11.8 Å². The Kier molecular flexibility index (Phi) is 15.8. The number of hydrogen-bond acceptors (Lipinski definition) is 14. The van der Waals surface area contributed by atoms with Crippen LogP contribution in [0.2, 0.25) is 0 Å². The van der Waals surface area contributed by atoms with Crippen LogP contribution in [0.1, 0.15) is 13.8 Å². The number of carbonyl (C=O) groups excluding carboxylic acids is 4. The summed E-state index contributed by atoms with van der Waals surface area (Å²) in [6, 6.07) is 11.2. The molecule has 0 aliphatic rings. The third kappa shape index (κ3) is 12.3. The first kappa shape index (κ1) is 41.0. The summed E-state index contributed by atoms with van der Waals surface area (Å²) in [5, 5.41) is 19.9. The Morgan fingerprint density at radius 3 is 1.09 bits per heavy atom. The smallest absolute Gasteiger partial charge is 0.744 e. The monoisotopic (exact) mass is 688 g/mol. The van der Waals surface area contributed by atoms with Crippen LogP contribution in [-0.4, -0.2) is 61.4 Å². The number of anilines is 2. The van der Waals surface area contributed by atoms with Crippen LogP contribution < -0.4 is 69.7 Å². The quantitative estimate of drug-likeness (QED) is 0.0837. The van der Waals surface area contributed by atoms with E-state index in [2.05, 4.69) is 31.1 Å². The Morgan fingerprint density at radius 1 is 0.565 bits per heavy atom. The number of carbonyl (C=O) groups is 4. The predicted molar refractivity (Wildman–Crippen MR) is 150 cm³/mol. The van der Waals surface area contributed by atoms with Crippen molar-refractivity contribution in [2.24, 2.45) is 20.5 Å². The molecule has 0 bridgehead atoms. The van der Waals surface area contributed by atoms with E-state index in [1.807, 2.05) is 0 Å². The normalized spacial score (nSPS) is 12.8. The maximum atomic E-state index is 12.7. The SMILES string of the molecule is CC(=O)C(N=Nc1ccc(S(=O)(=O)[O-])cc1)C(=O)Nc1ccc(NC(=O)C(N=Nc2ccc(S(=O)(=O)[O-])cc2)C(C)=O)cc1.[Na+].[Na+]. The number of hydrogen-bond donors (Lipinski definition) is 2. The Bertz CT molecular complexity index is 1720. The molecular formula is C26H22N6Na2O10S2. The maximum Gasteiger partial charge on any atom is 1.00 e. The molecule has 0 fully saturated rings. The van der Waals surface area contributed by atoms with Crippen molar-refractivity contribution in [3.05, 3.63) is 72.8 Å². The van der Waals surface area contributed by atoms with E-state index >= 15 is 0 Å². The fraction of sp³-hybridized carbons (Fsp3) is 0.154. The Hall–Kier alpha value is -3.04. The Balaban J connectivity index is 0.00000529. The summed E-state index contributed by atoms with van der Waals surface area (Å²) in [7, 11) is -9.32. The van der Waals surface area contributed by atoms with Gasteiger partial charge < -0.3 is 19.7 Å². The van der Waals surface area contributed by atoms with Crippen molar-refractivity contribution < 1.29 is 104 Å². The van der Waals surface area contributed by atoms with Crippen molar-refractivity contribution >= 4 is 66.4 Å². The van der Waals surface area contributed by atoms with Crippen molar-refractivity contribution in [3.63, 3.8) is 0 Å². The van der Waals surface area contributed by atoms with E-state index < -0.39 is 65.5 Å². The van der Waals surface area contributed by atoms with Crippen molar-refractivity contribution in [1.82, 2.24) is 0 Å². The second kappa shape index (κ2) is 17.8. The van der Waals surface area contributed by atoms with Gasteiger partial charge in [0.15, 0.2) is 11.6 Å². The number of nitrogens with zero attached hydrogens (tertiary/aromatic N) is 4. The van der Waals surface area contributed by atoms with E-state index in [9.17, 15) is 45.1 Å². The molecule has 46 heavy (non-hydrogen) atoms. The van der Waals surface area contributed by atoms with E-state index in [4.69, 9.17) is 0 Å². The molecule has 2 unspecified atom stereocenters. The molecule has 3 rings (SSSR count). The Labute approximate surface area is 307 Å². The fourth-order valence-corrected chi connectivity index (χ4v) is 4.24. The molecule has 0 heterocycles. The van der Waals surface area contributed by atoms with Crippen LogP contribution in [0.3, 0.4) is 0 Å². The molecular weight excluding hydrogens is 666 g/mol. The molecule has 0 radical (unpaired) electrons. The van der Waals surface area contributed by atoms with Crippen LogP contribution in [0.5, 0.6) is 0 Å². The van der Waals surface area contributed by atoms with E-state index in [-0.39, 0.29) is 81.9 Å². The van der Waals surface area contributed by atoms with Crippen molar-refractivity contribution in [2.75, 3.05) is 10.6 Å². The molecule has 2 N–H and O–H groups in total. The summed E-state index contributed by atoms with van der Waals surface area (Å²) >= 11 is 0. The average Bonchev–Trinajstić information content (AvgIpc) is 2.93. The van der Waals surface area contributed by atoms with Gasteiger partial charge in [-0.25, -0.2) is 16.8 Å². The topological polar surface area (TPSA) is 256 Å². The molecule has 0 saturated carbocycles.